The third-order valence-corrected chi connectivity index (χ3v) is 1.93. The molecule has 0 aliphatic carbocycles. The van der Waals surface area contributed by atoms with E-state index in [9.17, 15) is 0 Å². The molecule has 4 nitrogen and oxygen atoms in total. The highest BCUT2D eigenvalue weighted by Crippen LogP contribution is 1.99. The maximum absolute atomic E-state index is 5.80. The molecule has 0 aromatic rings. The van der Waals surface area contributed by atoms with Gasteiger partial charge in [0.2, 0.25) is 0 Å². The van der Waals surface area contributed by atoms with Gasteiger partial charge in [-0.2, -0.15) is 0 Å². The minimum absolute atomic E-state index is 0.704. The largest absolute Gasteiger partial charge is 0.386 e. The molecule has 0 radical (unpaired) electrons. The van der Waals surface area contributed by atoms with E-state index in [1.807, 2.05) is 13.0 Å². The molecule has 0 bridgehead atoms. The van der Waals surface area contributed by atoms with Crippen LogP contribution in [0.2, 0.25) is 0 Å². The van der Waals surface area contributed by atoms with Crippen LogP contribution in [0.4, 0.5) is 0 Å². The minimum Gasteiger partial charge on any atom is -0.386 e. The highest BCUT2D eigenvalue weighted by atomic mass is 15.2. The maximum Gasteiger partial charge on any atom is 0.0942 e. The highest BCUT2D eigenvalue weighted by Gasteiger charge is 2.03. The zero-order chi connectivity index (χ0) is 10.1. The topological polar surface area (TPSA) is 81.3 Å². The van der Waals surface area contributed by atoms with Crippen molar-refractivity contribution in [2.24, 2.45) is 17.2 Å². The number of hydrogen-bond donors (Lipinski definition) is 3. The molecule has 0 amide bonds. The van der Waals surface area contributed by atoms with Crippen molar-refractivity contribution in [1.29, 1.82) is 0 Å². The number of rotatable bonds is 7. The van der Waals surface area contributed by atoms with Crippen molar-refractivity contribution in [3.8, 4) is 0 Å². The molecule has 0 fully saturated rings. The SMILES string of the molecule is CC=C(N)N(CCCN)CCCN. The Kier molecular flexibility index (Phi) is 7.44. The summed E-state index contributed by atoms with van der Waals surface area (Å²) < 4.78 is 0. The van der Waals surface area contributed by atoms with E-state index in [4.69, 9.17) is 17.2 Å². The Hall–Kier alpha value is -0.740. The lowest BCUT2D eigenvalue weighted by molar-refractivity contribution is 0.333. The van der Waals surface area contributed by atoms with Crippen LogP contribution in [-0.2, 0) is 0 Å². The monoisotopic (exact) mass is 186 g/mol. The molecule has 0 unspecified atom stereocenters. The van der Waals surface area contributed by atoms with Gasteiger partial charge < -0.3 is 22.1 Å². The fraction of sp³-hybridized carbons (Fsp3) is 0.778. The molecule has 0 heterocycles. The molecular formula is C9H22N4. The van der Waals surface area contributed by atoms with Gasteiger partial charge in [-0.25, -0.2) is 0 Å². The molecule has 0 saturated heterocycles. The molecule has 0 saturated carbocycles. The van der Waals surface area contributed by atoms with E-state index in [0.29, 0.717) is 13.1 Å². The second-order valence-corrected chi connectivity index (χ2v) is 2.99. The quantitative estimate of drug-likeness (QED) is 0.514. The van der Waals surface area contributed by atoms with Crippen molar-refractivity contribution in [3.05, 3.63) is 11.9 Å². The molecule has 0 aliphatic rings. The molecule has 0 aromatic heterocycles. The lowest BCUT2D eigenvalue weighted by atomic mass is 10.3. The van der Waals surface area contributed by atoms with Crippen LogP contribution in [0.15, 0.2) is 11.9 Å². The first kappa shape index (κ1) is 12.3. The van der Waals surface area contributed by atoms with Gasteiger partial charge in [0.25, 0.3) is 0 Å². The van der Waals surface area contributed by atoms with Crippen LogP contribution < -0.4 is 17.2 Å². The first-order valence-electron chi connectivity index (χ1n) is 4.83. The van der Waals surface area contributed by atoms with Crippen molar-refractivity contribution in [1.82, 2.24) is 4.90 Å². The van der Waals surface area contributed by atoms with Crippen LogP contribution in [-0.4, -0.2) is 31.1 Å². The highest BCUT2D eigenvalue weighted by molar-refractivity contribution is 4.93. The summed E-state index contributed by atoms with van der Waals surface area (Å²) in [6.45, 7) is 5.19. The summed E-state index contributed by atoms with van der Waals surface area (Å²) in [6.07, 6.45) is 3.85. The van der Waals surface area contributed by atoms with Gasteiger partial charge >= 0.3 is 0 Å². The molecule has 6 N–H and O–H groups in total. The van der Waals surface area contributed by atoms with Crippen LogP contribution in [0.3, 0.4) is 0 Å². The van der Waals surface area contributed by atoms with E-state index in [1.165, 1.54) is 0 Å². The molecule has 4 heteroatoms. The normalized spacial score (nSPS) is 11.8. The Labute approximate surface area is 80.7 Å². The van der Waals surface area contributed by atoms with E-state index in [-0.39, 0.29) is 0 Å². The number of hydrogen-bond acceptors (Lipinski definition) is 4. The van der Waals surface area contributed by atoms with E-state index >= 15 is 0 Å². The summed E-state index contributed by atoms with van der Waals surface area (Å²) in [6, 6.07) is 0. The number of nitrogens with zero attached hydrogens (tertiary/aromatic N) is 1. The minimum atomic E-state index is 0.704. The molecule has 0 spiro atoms. The van der Waals surface area contributed by atoms with Gasteiger partial charge in [0.1, 0.15) is 0 Å². The van der Waals surface area contributed by atoms with Crippen molar-refractivity contribution in [2.45, 2.75) is 19.8 Å². The van der Waals surface area contributed by atoms with E-state index in [2.05, 4.69) is 4.90 Å². The summed E-state index contributed by atoms with van der Waals surface area (Å²) in [7, 11) is 0. The van der Waals surface area contributed by atoms with Gasteiger partial charge in [-0.1, -0.05) is 0 Å². The second kappa shape index (κ2) is 7.89. The summed E-state index contributed by atoms with van der Waals surface area (Å²) in [5.74, 6) is 0.821. The Balaban J connectivity index is 3.87. The van der Waals surface area contributed by atoms with Gasteiger partial charge in [0.05, 0.1) is 5.82 Å². The number of nitrogens with two attached hydrogens (primary N) is 3. The van der Waals surface area contributed by atoms with E-state index < -0.39 is 0 Å². The van der Waals surface area contributed by atoms with Crippen LogP contribution in [0, 0.1) is 0 Å². The predicted molar refractivity (Wildman–Crippen MR) is 56.9 cm³/mol. The standard InChI is InChI=1S/C9H22N4/c1-2-9(12)13(7-3-5-10)8-4-6-11/h2H,3-8,10-12H2,1H3. The summed E-state index contributed by atoms with van der Waals surface area (Å²) in [4.78, 5) is 2.12. The maximum atomic E-state index is 5.80. The Morgan fingerprint density at radius 3 is 1.92 bits per heavy atom. The van der Waals surface area contributed by atoms with Crippen LogP contribution in [0.25, 0.3) is 0 Å². The molecule has 78 valence electrons. The molecule has 13 heavy (non-hydrogen) atoms. The third-order valence-electron chi connectivity index (χ3n) is 1.93. The average Bonchev–Trinajstić information content (AvgIpc) is 2.17. The molecule has 0 aliphatic heterocycles. The molecule has 0 rings (SSSR count). The molecule has 0 aromatic carbocycles. The van der Waals surface area contributed by atoms with Crippen molar-refractivity contribution >= 4 is 0 Å². The van der Waals surface area contributed by atoms with Gasteiger partial charge in [-0.05, 0) is 38.9 Å². The van der Waals surface area contributed by atoms with Crippen molar-refractivity contribution in [2.75, 3.05) is 26.2 Å². The predicted octanol–water partition coefficient (Wildman–Crippen LogP) is -0.194. The molecular weight excluding hydrogens is 164 g/mol. The van der Waals surface area contributed by atoms with Gasteiger partial charge in [-0.3, -0.25) is 0 Å². The summed E-state index contributed by atoms with van der Waals surface area (Å²) >= 11 is 0. The number of allylic oxidation sites excluding steroid dienone is 1. The zero-order valence-corrected chi connectivity index (χ0v) is 8.50. The van der Waals surface area contributed by atoms with Crippen LogP contribution >= 0.6 is 0 Å². The smallest absolute Gasteiger partial charge is 0.0942 e. The molecule has 0 atom stereocenters. The van der Waals surface area contributed by atoms with Gasteiger partial charge in [0.15, 0.2) is 0 Å². The third kappa shape index (κ3) is 5.49. The first-order chi connectivity index (χ1) is 6.26. The lowest BCUT2D eigenvalue weighted by Gasteiger charge is -2.24. The fourth-order valence-corrected chi connectivity index (χ4v) is 1.12. The fourth-order valence-electron chi connectivity index (χ4n) is 1.12. The lowest BCUT2D eigenvalue weighted by Crippen LogP contribution is -2.31. The Morgan fingerprint density at radius 2 is 1.62 bits per heavy atom. The average molecular weight is 186 g/mol. The summed E-state index contributed by atoms with van der Waals surface area (Å²) in [5, 5.41) is 0. The van der Waals surface area contributed by atoms with Gasteiger partial charge in [0, 0.05) is 13.1 Å². The van der Waals surface area contributed by atoms with E-state index in [1.54, 1.807) is 0 Å². The Morgan fingerprint density at radius 1 is 1.15 bits per heavy atom. The summed E-state index contributed by atoms with van der Waals surface area (Å²) in [5.41, 5.74) is 16.7. The van der Waals surface area contributed by atoms with Crippen molar-refractivity contribution < 1.29 is 0 Å². The Bertz CT molecular complexity index is 137. The second-order valence-electron chi connectivity index (χ2n) is 2.99. The van der Waals surface area contributed by atoms with Crippen LogP contribution in [0.1, 0.15) is 19.8 Å². The van der Waals surface area contributed by atoms with E-state index in [0.717, 1.165) is 31.8 Å². The first-order valence-corrected chi connectivity index (χ1v) is 4.83. The zero-order valence-electron chi connectivity index (χ0n) is 8.50. The van der Waals surface area contributed by atoms with Crippen molar-refractivity contribution in [3.63, 3.8) is 0 Å². The van der Waals surface area contributed by atoms with Crippen LogP contribution in [0.5, 0.6) is 0 Å². The van der Waals surface area contributed by atoms with Gasteiger partial charge in [-0.15, -0.1) is 0 Å².